The number of amidine groups is 1. The number of rotatable bonds is 0. The fourth-order valence-electron chi connectivity index (χ4n) is 1.54. The van der Waals surface area contributed by atoms with Crippen LogP contribution in [0.25, 0.3) is 0 Å². The summed E-state index contributed by atoms with van der Waals surface area (Å²) in [5, 5.41) is 0. The topological polar surface area (TPSA) is 15.6 Å². The summed E-state index contributed by atoms with van der Waals surface area (Å²) in [4.78, 5) is 6.76. The van der Waals surface area contributed by atoms with Crippen molar-refractivity contribution in [2.75, 3.05) is 13.6 Å². The van der Waals surface area contributed by atoms with Crippen molar-refractivity contribution in [1.29, 1.82) is 0 Å². The first-order valence-corrected chi connectivity index (χ1v) is 4.62. The van der Waals surface area contributed by atoms with E-state index in [0.29, 0.717) is 0 Å². The van der Waals surface area contributed by atoms with Gasteiger partial charge in [0.15, 0.2) is 0 Å². The van der Waals surface area contributed by atoms with E-state index >= 15 is 0 Å². The Kier molecular flexibility index (Phi) is 2.05. The molecule has 0 atom stereocenters. The zero-order valence-electron chi connectivity index (χ0n) is 8.12. The molecule has 0 fully saturated rings. The largest absolute Gasteiger partial charge is 0.363 e. The Morgan fingerprint density at radius 2 is 2.08 bits per heavy atom. The molecule has 1 heterocycles. The van der Waals surface area contributed by atoms with Gasteiger partial charge in [-0.05, 0) is 25.0 Å². The fraction of sp³-hybridized carbons (Fsp3) is 0.364. The molecule has 2 nitrogen and oxygen atoms in total. The summed E-state index contributed by atoms with van der Waals surface area (Å²) in [7, 11) is 2.09. The molecule has 2 rings (SSSR count). The first-order chi connectivity index (χ1) is 6.27. The molecule has 0 spiro atoms. The molecule has 0 N–H and O–H groups in total. The number of likely N-dealkylation sites (N-methyl/N-ethyl adjacent to an activating group) is 1. The van der Waals surface area contributed by atoms with Gasteiger partial charge < -0.3 is 4.90 Å². The van der Waals surface area contributed by atoms with E-state index in [1.54, 1.807) is 0 Å². The Morgan fingerprint density at radius 1 is 1.31 bits per heavy atom. The summed E-state index contributed by atoms with van der Waals surface area (Å²) in [5.41, 5.74) is 2.48. The highest BCUT2D eigenvalue weighted by Gasteiger charge is 2.09. The number of aliphatic imine (C=N–C) groups is 1. The first kappa shape index (κ1) is 8.30. The number of para-hydroxylation sites is 1. The van der Waals surface area contributed by atoms with Crippen LogP contribution in [0, 0.1) is 0 Å². The van der Waals surface area contributed by atoms with E-state index < -0.39 is 0 Å². The van der Waals surface area contributed by atoms with Crippen molar-refractivity contribution in [1.82, 2.24) is 4.90 Å². The number of fused-ring (bicyclic) bond motifs is 1. The number of benzene rings is 1. The van der Waals surface area contributed by atoms with E-state index in [1.165, 1.54) is 5.56 Å². The minimum Gasteiger partial charge on any atom is -0.363 e. The van der Waals surface area contributed by atoms with Crippen LogP contribution in [0.4, 0.5) is 5.69 Å². The van der Waals surface area contributed by atoms with Crippen LogP contribution >= 0.6 is 0 Å². The van der Waals surface area contributed by atoms with Gasteiger partial charge in [-0.1, -0.05) is 18.2 Å². The average Bonchev–Trinajstić information content (AvgIpc) is 2.28. The first-order valence-electron chi connectivity index (χ1n) is 4.62. The molecular weight excluding hydrogens is 160 g/mol. The minimum absolute atomic E-state index is 1.06. The van der Waals surface area contributed by atoms with Gasteiger partial charge in [-0.3, -0.25) is 0 Å². The number of nitrogens with zero attached hydrogens (tertiary/aromatic N) is 2. The summed E-state index contributed by atoms with van der Waals surface area (Å²) in [6.45, 7) is 3.12. The lowest BCUT2D eigenvalue weighted by atomic mass is 10.1. The van der Waals surface area contributed by atoms with Gasteiger partial charge in [0.05, 0.1) is 5.69 Å². The molecule has 0 aromatic heterocycles. The Labute approximate surface area is 78.9 Å². The van der Waals surface area contributed by atoms with Crippen LogP contribution < -0.4 is 0 Å². The zero-order chi connectivity index (χ0) is 9.26. The molecule has 2 heteroatoms. The van der Waals surface area contributed by atoms with Gasteiger partial charge in [-0.2, -0.15) is 0 Å². The Balaban J connectivity index is 2.45. The van der Waals surface area contributed by atoms with Gasteiger partial charge in [-0.25, -0.2) is 4.99 Å². The Hall–Kier alpha value is -1.31. The molecule has 0 unspecified atom stereocenters. The molecule has 1 aromatic rings. The second kappa shape index (κ2) is 3.21. The number of hydrogen-bond donors (Lipinski definition) is 0. The smallest absolute Gasteiger partial charge is 0.101 e. The zero-order valence-corrected chi connectivity index (χ0v) is 8.12. The molecule has 1 aromatic carbocycles. The molecule has 0 amide bonds. The lowest BCUT2D eigenvalue weighted by Crippen LogP contribution is -2.24. The Morgan fingerprint density at radius 3 is 2.92 bits per heavy atom. The standard InChI is InChI=1S/C11H14N2/c1-9-12-11-6-4-3-5-10(11)7-8-13(9)2/h3-6H,7-8H2,1-2H3. The maximum atomic E-state index is 4.56. The van der Waals surface area contributed by atoms with E-state index in [9.17, 15) is 0 Å². The van der Waals surface area contributed by atoms with E-state index in [1.807, 2.05) is 6.07 Å². The highest BCUT2D eigenvalue weighted by Crippen LogP contribution is 2.22. The van der Waals surface area contributed by atoms with Crippen molar-refractivity contribution >= 4 is 11.5 Å². The van der Waals surface area contributed by atoms with E-state index in [4.69, 9.17) is 0 Å². The summed E-state index contributed by atoms with van der Waals surface area (Å²) in [6.07, 6.45) is 1.09. The summed E-state index contributed by atoms with van der Waals surface area (Å²) in [6, 6.07) is 8.36. The van der Waals surface area contributed by atoms with Crippen molar-refractivity contribution in [3.05, 3.63) is 29.8 Å². The van der Waals surface area contributed by atoms with Crippen molar-refractivity contribution < 1.29 is 0 Å². The van der Waals surface area contributed by atoms with Crippen LogP contribution in [0.5, 0.6) is 0 Å². The lowest BCUT2D eigenvalue weighted by Gasteiger charge is -2.14. The maximum Gasteiger partial charge on any atom is 0.101 e. The van der Waals surface area contributed by atoms with Crippen LogP contribution in [0.2, 0.25) is 0 Å². The van der Waals surface area contributed by atoms with Crippen LogP contribution in [-0.4, -0.2) is 24.3 Å². The van der Waals surface area contributed by atoms with Crippen molar-refractivity contribution in [3.63, 3.8) is 0 Å². The van der Waals surface area contributed by atoms with Gasteiger partial charge in [0.1, 0.15) is 5.84 Å². The molecule has 1 aliphatic rings. The molecule has 13 heavy (non-hydrogen) atoms. The highest BCUT2D eigenvalue weighted by atomic mass is 15.2. The third-order valence-electron chi connectivity index (χ3n) is 2.54. The predicted molar refractivity (Wildman–Crippen MR) is 55.5 cm³/mol. The van der Waals surface area contributed by atoms with Crippen molar-refractivity contribution in [2.24, 2.45) is 4.99 Å². The van der Waals surface area contributed by atoms with Gasteiger partial charge >= 0.3 is 0 Å². The number of hydrogen-bond acceptors (Lipinski definition) is 2. The minimum atomic E-state index is 1.06. The van der Waals surface area contributed by atoms with Gasteiger partial charge in [-0.15, -0.1) is 0 Å². The van der Waals surface area contributed by atoms with Crippen molar-refractivity contribution in [3.8, 4) is 0 Å². The third-order valence-corrected chi connectivity index (χ3v) is 2.54. The van der Waals surface area contributed by atoms with E-state index in [0.717, 1.165) is 24.5 Å². The quantitative estimate of drug-likeness (QED) is 0.589. The maximum absolute atomic E-state index is 4.56. The van der Waals surface area contributed by atoms with Crippen LogP contribution in [-0.2, 0) is 6.42 Å². The molecule has 0 radical (unpaired) electrons. The summed E-state index contributed by atoms with van der Waals surface area (Å²) in [5.74, 6) is 1.10. The lowest BCUT2D eigenvalue weighted by molar-refractivity contribution is 0.510. The fourth-order valence-corrected chi connectivity index (χ4v) is 1.54. The molecular formula is C11H14N2. The van der Waals surface area contributed by atoms with Crippen LogP contribution in [0.1, 0.15) is 12.5 Å². The SMILES string of the molecule is CC1=Nc2ccccc2CCN1C. The molecule has 0 bridgehead atoms. The molecule has 0 aliphatic carbocycles. The van der Waals surface area contributed by atoms with Gasteiger partial charge in [0, 0.05) is 13.6 Å². The molecule has 0 saturated carbocycles. The summed E-state index contributed by atoms with van der Waals surface area (Å²) < 4.78 is 0. The molecule has 0 saturated heterocycles. The third kappa shape index (κ3) is 1.57. The normalized spacial score (nSPS) is 16.2. The second-order valence-corrected chi connectivity index (χ2v) is 3.46. The van der Waals surface area contributed by atoms with Crippen LogP contribution in [0.3, 0.4) is 0 Å². The Bertz CT molecular complexity index is 342. The summed E-state index contributed by atoms with van der Waals surface area (Å²) >= 11 is 0. The predicted octanol–water partition coefficient (Wildman–Crippen LogP) is 2.22. The second-order valence-electron chi connectivity index (χ2n) is 3.46. The molecule has 68 valence electrons. The van der Waals surface area contributed by atoms with Crippen molar-refractivity contribution in [2.45, 2.75) is 13.3 Å². The van der Waals surface area contributed by atoms with Crippen LogP contribution in [0.15, 0.2) is 29.3 Å². The van der Waals surface area contributed by atoms with E-state index in [-0.39, 0.29) is 0 Å². The average molecular weight is 174 g/mol. The highest BCUT2D eigenvalue weighted by molar-refractivity contribution is 5.83. The monoisotopic (exact) mass is 174 g/mol. The van der Waals surface area contributed by atoms with Gasteiger partial charge in [0.2, 0.25) is 0 Å². The van der Waals surface area contributed by atoms with Gasteiger partial charge in [0.25, 0.3) is 0 Å². The molecule has 1 aliphatic heterocycles. The van der Waals surface area contributed by atoms with E-state index in [2.05, 4.69) is 42.1 Å².